The molecule has 0 unspecified atom stereocenters. The van der Waals surface area contributed by atoms with Crippen molar-refractivity contribution in [2.45, 2.75) is 17.8 Å². The van der Waals surface area contributed by atoms with Crippen molar-refractivity contribution in [3.05, 3.63) is 351 Å². The summed E-state index contributed by atoms with van der Waals surface area (Å²) in [4.78, 5) is 55.9. The molecule has 0 fully saturated rings. The van der Waals surface area contributed by atoms with Gasteiger partial charge in [0, 0.05) is 7.05 Å². The van der Waals surface area contributed by atoms with Gasteiger partial charge in [0.05, 0.1) is 38.8 Å². The molecule has 10 heteroatoms. The Balaban J connectivity index is 0.633. The number of hydrogen-bond donors (Lipinski definition) is 0. The van der Waals surface area contributed by atoms with Crippen molar-refractivity contribution in [1.29, 1.82) is 0 Å². The second-order valence-corrected chi connectivity index (χ2v) is 23.0. The maximum Gasteiger partial charge on any atom is 0.266 e. The number of hydrogen-bond acceptors (Lipinski definition) is 8. The molecule has 0 saturated heterocycles. The Morgan fingerprint density at radius 3 is 0.900 bits per heavy atom. The highest BCUT2D eigenvalue weighted by atomic mass is 16.5. The monoisotopic (exact) mass is 1170 g/mol. The molecule has 12 aromatic carbocycles. The van der Waals surface area contributed by atoms with Crippen molar-refractivity contribution in [1.82, 2.24) is 4.90 Å². The van der Waals surface area contributed by atoms with Gasteiger partial charge in [-0.15, -0.1) is 0 Å². The molecule has 16 rings (SSSR count). The molecule has 2 aliphatic carbocycles. The largest absolute Gasteiger partial charge is 0.457 e. The van der Waals surface area contributed by atoms with Crippen molar-refractivity contribution in [3.63, 3.8) is 0 Å². The second-order valence-electron chi connectivity index (χ2n) is 23.0. The van der Waals surface area contributed by atoms with Gasteiger partial charge in [-0.1, -0.05) is 163 Å². The zero-order chi connectivity index (χ0) is 60.8. The molecule has 0 aromatic heterocycles. The number of carbonyl (C=O) groups excluding carboxylic acids is 4. The molecule has 0 radical (unpaired) electrons. The summed E-state index contributed by atoms with van der Waals surface area (Å²) < 4.78 is 25.5. The predicted molar refractivity (Wildman–Crippen MR) is 346 cm³/mol. The summed E-state index contributed by atoms with van der Waals surface area (Å²) in [6.07, 6.45) is 0. The van der Waals surface area contributed by atoms with E-state index in [-0.39, 0.29) is 22.9 Å². The summed E-state index contributed by atoms with van der Waals surface area (Å²) in [7, 11) is 1.47. The van der Waals surface area contributed by atoms with Gasteiger partial charge in [-0.3, -0.25) is 24.1 Å². The molecule has 0 spiro atoms. The zero-order valence-electron chi connectivity index (χ0n) is 48.7. The number of amides is 4. The molecule has 2 heterocycles. The molecule has 0 saturated carbocycles. The highest BCUT2D eigenvalue weighted by Crippen LogP contribution is 2.58. The van der Waals surface area contributed by atoms with Gasteiger partial charge in [0.1, 0.15) is 46.0 Å². The van der Waals surface area contributed by atoms with E-state index in [2.05, 4.69) is 153 Å². The normalized spacial score (nSPS) is 14.3. The van der Waals surface area contributed by atoms with E-state index in [0.717, 1.165) is 60.9 Å². The average Bonchev–Trinajstić information content (AvgIpc) is 1.54. The molecule has 12 aromatic rings. The molecule has 4 aliphatic rings. The number of rotatable bonds is 13. The van der Waals surface area contributed by atoms with Crippen LogP contribution < -0.4 is 23.8 Å². The Morgan fingerprint density at radius 1 is 0.267 bits per heavy atom. The Bertz CT molecular complexity index is 4830. The lowest BCUT2D eigenvalue weighted by Gasteiger charge is -2.34. The van der Waals surface area contributed by atoms with E-state index < -0.39 is 22.6 Å². The van der Waals surface area contributed by atoms with Gasteiger partial charge in [-0.25, -0.2) is 4.90 Å². The van der Waals surface area contributed by atoms with E-state index in [1.165, 1.54) is 39.8 Å². The number of fused-ring (bicyclic) bond motifs is 8. The quantitative estimate of drug-likeness (QED) is 0.105. The SMILES string of the molecule is Cc1ccc(Oc2ccc(C3(c4ccc(Oc5ccc(N6C(=O)c7ccc(Oc8ccc(C9(c%10ccc(Oc%11ccc%12c(c%11)C(=O)N(C)C%12=O)cc%10)c%10ccccc%10-c%10ccccc%109)cc8)cc7C6=O)cc5)cc4)c4ccccc4-c4ccccc43)cc2)cc1. The number of ether oxygens (including phenoxy) is 4. The first-order chi connectivity index (χ1) is 44.0. The third kappa shape index (κ3) is 8.40. The minimum Gasteiger partial charge on any atom is -0.457 e. The Labute approximate surface area is 519 Å². The van der Waals surface area contributed by atoms with Crippen LogP contribution in [-0.2, 0) is 10.8 Å². The topological polar surface area (TPSA) is 112 Å². The van der Waals surface area contributed by atoms with E-state index in [4.69, 9.17) is 18.9 Å². The van der Waals surface area contributed by atoms with Crippen LogP contribution in [0.3, 0.4) is 0 Å². The fourth-order valence-corrected chi connectivity index (χ4v) is 13.9. The van der Waals surface area contributed by atoms with E-state index in [1.807, 2.05) is 72.8 Å². The molecule has 4 amide bonds. The molecular formula is C80H52N2O8. The van der Waals surface area contributed by atoms with Gasteiger partial charge in [-0.2, -0.15) is 0 Å². The summed E-state index contributed by atoms with van der Waals surface area (Å²) in [6.45, 7) is 2.06. The highest BCUT2D eigenvalue weighted by molar-refractivity contribution is 6.34. The summed E-state index contributed by atoms with van der Waals surface area (Å²) in [6, 6.07) is 91.6. The van der Waals surface area contributed by atoms with Crippen LogP contribution in [0.15, 0.2) is 279 Å². The first kappa shape index (κ1) is 53.6. The second kappa shape index (κ2) is 20.9. The van der Waals surface area contributed by atoms with Crippen LogP contribution in [0.1, 0.15) is 91.5 Å². The lowest BCUT2D eigenvalue weighted by atomic mass is 9.68. The average molecular weight is 1170 g/mol. The molecule has 10 nitrogen and oxygen atoms in total. The number of benzene rings is 12. The van der Waals surface area contributed by atoms with Gasteiger partial charge in [-0.05, 0) is 195 Å². The van der Waals surface area contributed by atoms with Crippen molar-refractivity contribution in [2.24, 2.45) is 0 Å². The van der Waals surface area contributed by atoms with Crippen molar-refractivity contribution < 1.29 is 38.1 Å². The molecule has 0 bridgehead atoms. The third-order valence-electron chi connectivity index (χ3n) is 18.0. The van der Waals surface area contributed by atoms with E-state index in [1.54, 1.807) is 60.7 Å². The Morgan fingerprint density at radius 2 is 0.533 bits per heavy atom. The van der Waals surface area contributed by atoms with E-state index >= 15 is 0 Å². The van der Waals surface area contributed by atoms with Gasteiger partial charge in [0.15, 0.2) is 0 Å². The fourth-order valence-electron chi connectivity index (χ4n) is 13.9. The Hall–Kier alpha value is -11.9. The number of nitrogens with zero attached hydrogens (tertiary/aromatic N) is 2. The number of imide groups is 2. The van der Waals surface area contributed by atoms with Gasteiger partial charge >= 0.3 is 0 Å². The summed E-state index contributed by atoms with van der Waals surface area (Å²) in [5.74, 6) is 3.07. The van der Waals surface area contributed by atoms with Crippen molar-refractivity contribution in [2.75, 3.05) is 11.9 Å². The fraction of sp³-hybridized carbons (Fsp3) is 0.0500. The van der Waals surface area contributed by atoms with Crippen LogP contribution in [0.2, 0.25) is 0 Å². The van der Waals surface area contributed by atoms with Crippen molar-refractivity contribution >= 4 is 29.3 Å². The minimum absolute atomic E-state index is 0.240. The number of carbonyl (C=O) groups is 4. The van der Waals surface area contributed by atoms with Crippen LogP contribution in [0.4, 0.5) is 5.69 Å². The number of anilines is 1. The molecule has 2 aliphatic heterocycles. The van der Waals surface area contributed by atoms with Crippen LogP contribution in [0.5, 0.6) is 46.0 Å². The predicted octanol–water partition coefficient (Wildman–Crippen LogP) is 17.9. The molecular weight excluding hydrogens is 1120 g/mol. The Kier molecular flexibility index (Phi) is 12.5. The maximum absolute atomic E-state index is 14.2. The first-order valence-electron chi connectivity index (χ1n) is 29.7. The van der Waals surface area contributed by atoms with Crippen LogP contribution >= 0.6 is 0 Å². The molecule has 0 N–H and O–H groups in total. The van der Waals surface area contributed by atoms with E-state index in [0.29, 0.717) is 51.3 Å². The van der Waals surface area contributed by atoms with Crippen LogP contribution in [0, 0.1) is 6.92 Å². The van der Waals surface area contributed by atoms with Gasteiger partial charge < -0.3 is 18.9 Å². The summed E-state index contributed by atoms with van der Waals surface area (Å²) in [5, 5.41) is 0. The lowest BCUT2D eigenvalue weighted by Crippen LogP contribution is -2.29. The van der Waals surface area contributed by atoms with Crippen molar-refractivity contribution in [3.8, 4) is 68.2 Å². The first-order valence-corrected chi connectivity index (χ1v) is 29.7. The highest BCUT2D eigenvalue weighted by Gasteiger charge is 2.48. The molecule has 90 heavy (non-hydrogen) atoms. The lowest BCUT2D eigenvalue weighted by molar-refractivity contribution is 0.0692. The van der Waals surface area contributed by atoms with E-state index in [9.17, 15) is 19.2 Å². The molecule has 430 valence electrons. The third-order valence-corrected chi connectivity index (χ3v) is 18.0. The molecule has 0 atom stereocenters. The maximum atomic E-state index is 14.2. The van der Waals surface area contributed by atoms with Crippen LogP contribution in [0.25, 0.3) is 22.3 Å². The zero-order valence-corrected chi connectivity index (χ0v) is 48.7. The smallest absolute Gasteiger partial charge is 0.266 e. The summed E-state index contributed by atoms with van der Waals surface area (Å²) >= 11 is 0. The number of aryl methyl sites for hydroxylation is 1. The van der Waals surface area contributed by atoms with Crippen LogP contribution in [-0.4, -0.2) is 35.6 Å². The standard InChI is InChI=1S/C80H52N2O8/c1-49-19-31-55(32-20-49)87-56-33-21-50(22-34-56)79(71-15-7-3-11-63(71)64-12-4-8-16-72(64)79)51-23-35-57(36-24-51)88-60-41-29-54(30-42-60)82-77(85)68-46-44-62(48-70(68)78(82)86)90-59-39-27-53(28-40-59)80(73-17-9-5-13-65(73)66-14-6-10-18-74(66)80)52-25-37-58(38-26-52)89-61-43-45-67-69(47-61)76(84)81(2)75(67)83/h3-48H,1-2H3. The summed E-state index contributed by atoms with van der Waals surface area (Å²) in [5.41, 5.74) is 14.9. The van der Waals surface area contributed by atoms with Gasteiger partial charge in [0.25, 0.3) is 23.6 Å². The van der Waals surface area contributed by atoms with Gasteiger partial charge in [0.2, 0.25) is 0 Å². The minimum atomic E-state index is -0.732.